The van der Waals surface area contributed by atoms with E-state index in [0.29, 0.717) is 11.5 Å². The number of oxazole rings is 1. The van der Waals surface area contributed by atoms with Gasteiger partial charge in [0.15, 0.2) is 12.1 Å². The van der Waals surface area contributed by atoms with Crippen molar-refractivity contribution < 1.29 is 9.21 Å². The van der Waals surface area contributed by atoms with Gasteiger partial charge in [-0.15, -0.1) is 0 Å². The Kier molecular flexibility index (Phi) is 4.73. The van der Waals surface area contributed by atoms with E-state index >= 15 is 0 Å². The van der Waals surface area contributed by atoms with Crippen LogP contribution in [-0.2, 0) is 0 Å². The van der Waals surface area contributed by atoms with E-state index in [1.54, 1.807) is 6.92 Å². The average Bonchev–Trinajstić information content (AvgIpc) is 2.74. The molecule has 96 valence electrons. The first-order chi connectivity index (χ1) is 8.02. The number of nitrogens with zero attached hydrogens (tertiary/aromatic N) is 2. The fraction of sp³-hybridized carbons (Fsp3) is 0.692. The fourth-order valence-corrected chi connectivity index (χ4v) is 1.86. The van der Waals surface area contributed by atoms with E-state index in [0.717, 1.165) is 12.8 Å². The number of carbonyl (C=O) groups is 1. The number of hydrogen-bond acceptors (Lipinski definition) is 3. The molecule has 4 heteroatoms. The molecule has 1 aromatic heterocycles. The van der Waals surface area contributed by atoms with Gasteiger partial charge < -0.3 is 9.32 Å². The zero-order chi connectivity index (χ0) is 13.0. The predicted molar refractivity (Wildman–Crippen MR) is 66.9 cm³/mol. The minimum Gasteiger partial charge on any atom is -0.448 e. The van der Waals surface area contributed by atoms with Crippen LogP contribution in [0.1, 0.15) is 56.8 Å². The molecule has 1 aromatic rings. The largest absolute Gasteiger partial charge is 0.448 e. The maximum absolute atomic E-state index is 12.4. The van der Waals surface area contributed by atoms with Crippen LogP contribution in [0.25, 0.3) is 0 Å². The molecule has 0 aliphatic rings. The Morgan fingerprint density at radius 1 is 1.35 bits per heavy atom. The SMILES string of the molecule is CC[C@@H](C)N(C(=O)c1ncoc1C)[C@@H](C)CC. The monoisotopic (exact) mass is 238 g/mol. The highest BCUT2D eigenvalue weighted by atomic mass is 16.3. The van der Waals surface area contributed by atoms with Crippen LogP contribution in [0.5, 0.6) is 0 Å². The molecule has 0 N–H and O–H groups in total. The standard InChI is InChI=1S/C13H22N2O2/c1-6-9(3)15(10(4)7-2)13(16)12-11(5)17-8-14-12/h8-10H,6-7H2,1-5H3/t9-,10+. The van der Waals surface area contributed by atoms with E-state index in [4.69, 9.17) is 4.42 Å². The van der Waals surface area contributed by atoms with Crippen LogP contribution in [-0.4, -0.2) is 27.9 Å². The van der Waals surface area contributed by atoms with Gasteiger partial charge in [-0.05, 0) is 33.6 Å². The Morgan fingerprint density at radius 3 is 2.24 bits per heavy atom. The minimum absolute atomic E-state index is 0.0278. The molecule has 0 spiro atoms. The van der Waals surface area contributed by atoms with Crippen molar-refractivity contribution in [3.63, 3.8) is 0 Å². The second-order valence-electron chi connectivity index (χ2n) is 4.48. The van der Waals surface area contributed by atoms with Gasteiger partial charge in [0.05, 0.1) is 0 Å². The van der Waals surface area contributed by atoms with Crippen molar-refractivity contribution in [1.29, 1.82) is 0 Å². The first-order valence-corrected chi connectivity index (χ1v) is 6.25. The summed E-state index contributed by atoms with van der Waals surface area (Å²) in [7, 11) is 0. The molecule has 0 saturated carbocycles. The van der Waals surface area contributed by atoms with Gasteiger partial charge in [0, 0.05) is 12.1 Å². The highest BCUT2D eigenvalue weighted by molar-refractivity contribution is 5.93. The van der Waals surface area contributed by atoms with E-state index in [1.165, 1.54) is 6.39 Å². The molecule has 1 heterocycles. The molecule has 0 aliphatic carbocycles. The van der Waals surface area contributed by atoms with E-state index in [1.807, 2.05) is 4.90 Å². The number of rotatable bonds is 5. The second-order valence-corrected chi connectivity index (χ2v) is 4.48. The predicted octanol–water partition coefficient (Wildman–Crippen LogP) is 3.02. The van der Waals surface area contributed by atoms with Crippen LogP contribution in [0.2, 0.25) is 0 Å². The van der Waals surface area contributed by atoms with Crippen LogP contribution in [0.15, 0.2) is 10.8 Å². The molecule has 0 radical (unpaired) electrons. The number of amides is 1. The Bertz CT molecular complexity index is 363. The van der Waals surface area contributed by atoms with E-state index < -0.39 is 0 Å². The molecular weight excluding hydrogens is 216 g/mol. The van der Waals surface area contributed by atoms with Crippen LogP contribution in [0.4, 0.5) is 0 Å². The molecule has 0 aromatic carbocycles. The van der Waals surface area contributed by atoms with Crippen molar-refractivity contribution in [2.24, 2.45) is 0 Å². The van der Waals surface area contributed by atoms with Crippen molar-refractivity contribution in [2.45, 2.75) is 59.5 Å². The van der Waals surface area contributed by atoms with Crippen LogP contribution >= 0.6 is 0 Å². The average molecular weight is 238 g/mol. The van der Waals surface area contributed by atoms with Crippen LogP contribution in [0, 0.1) is 6.92 Å². The lowest BCUT2D eigenvalue weighted by molar-refractivity contribution is 0.0591. The first kappa shape index (κ1) is 13.7. The minimum atomic E-state index is -0.0278. The second kappa shape index (κ2) is 5.84. The van der Waals surface area contributed by atoms with Gasteiger partial charge >= 0.3 is 0 Å². The third kappa shape index (κ3) is 2.87. The molecule has 4 nitrogen and oxygen atoms in total. The Labute approximate surface area is 103 Å². The fourth-order valence-electron chi connectivity index (χ4n) is 1.86. The molecule has 2 atom stereocenters. The summed E-state index contributed by atoms with van der Waals surface area (Å²) in [5.41, 5.74) is 0.436. The Balaban J connectivity index is 2.99. The van der Waals surface area contributed by atoms with E-state index in [2.05, 4.69) is 32.7 Å². The molecule has 0 aliphatic heterocycles. The topological polar surface area (TPSA) is 46.3 Å². The van der Waals surface area contributed by atoms with E-state index in [9.17, 15) is 4.79 Å². The summed E-state index contributed by atoms with van der Waals surface area (Å²) in [6.07, 6.45) is 3.20. The summed E-state index contributed by atoms with van der Waals surface area (Å²) in [6.45, 7) is 10.1. The third-order valence-electron chi connectivity index (χ3n) is 3.31. The molecular formula is C13H22N2O2. The molecule has 0 bridgehead atoms. The van der Waals surface area contributed by atoms with Crippen LogP contribution < -0.4 is 0 Å². The molecule has 17 heavy (non-hydrogen) atoms. The van der Waals surface area contributed by atoms with Gasteiger partial charge in [-0.2, -0.15) is 0 Å². The van der Waals surface area contributed by atoms with Gasteiger partial charge in [-0.3, -0.25) is 4.79 Å². The summed E-state index contributed by atoms with van der Waals surface area (Å²) >= 11 is 0. The molecule has 0 saturated heterocycles. The first-order valence-electron chi connectivity index (χ1n) is 6.25. The van der Waals surface area contributed by atoms with Gasteiger partial charge in [0.25, 0.3) is 5.91 Å². The van der Waals surface area contributed by atoms with Gasteiger partial charge in [0.1, 0.15) is 5.76 Å². The summed E-state index contributed by atoms with van der Waals surface area (Å²) in [6, 6.07) is 0.432. The molecule has 0 unspecified atom stereocenters. The van der Waals surface area contributed by atoms with Gasteiger partial charge in [-0.25, -0.2) is 4.98 Å². The lowest BCUT2D eigenvalue weighted by atomic mass is 10.1. The lowest BCUT2D eigenvalue weighted by Gasteiger charge is -2.33. The quantitative estimate of drug-likeness (QED) is 0.792. The summed E-state index contributed by atoms with van der Waals surface area (Å²) in [4.78, 5) is 18.4. The zero-order valence-corrected chi connectivity index (χ0v) is 11.4. The number of hydrogen-bond donors (Lipinski definition) is 0. The number of aryl methyl sites for hydroxylation is 1. The summed E-state index contributed by atoms with van der Waals surface area (Å²) < 4.78 is 5.10. The Hall–Kier alpha value is -1.32. The van der Waals surface area contributed by atoms with Crippen molar-refractivity contribution in [2.75, 3.05) is 0 Å². The zero-order valence-electron chi connectivity index (χ0n) is 11.4. The van der Waals surface area contributed by atoms with Crippen molar-refractivity contribution in [3.05, 3.63) is 17.8 Å². The molecule has 0 fully saturated rings. The van der Waals surface area contributed by atoms with Crippen molar-refractivity contribution in [1.82, 2.24) is 9.88 Å². The van der Waals surface area contributed by atoms with Crippen LogP contribution in [0.3, 0.4) is 0 Å². The molecule has 1 rings (SSSR count). The maximum Gasteiger partial charge on any atom is 0.276 e. The summed E-state index contributed by atoms with van der Waals surface area (Å²) in [5.74, 6) is 0.562. The highest BCUT2D eigenvalue weighted by Gasteiger charge is 2.27. The normalized spacial score (nSPS) is 14.4. The smallest absolute Gasteiger partial charge is 0.276 e. The number of aromatic nitrogens is 1. The van der Waals surface area contributed by atoms with E-state index in [-0.39, 0.29) is 18.0 Å². The third-order valence-corrected chi connectivity index (χ3v) is 3.31. The Morgan fingerprint density at radius 2 is 1.88 bits per heavy atom. The van der Waals surface area contributed by atoms with Gasteiger partial charge in [0.2, 0.25) is 0 Å². The number of carbonyl (C=O) groups excluding carboxylic acids is 1. The maximum atomic E-state index is 12.4. The molecule has 1 amide bonds. The highest BCUT2D eigenvalue weighted by Crippen LogP contribution is 2.17. The lowest BCUT2D eigenvalue weighted by Crippen LogP contribution is -2.44. The van der Waals surface area contributed by atoms with Crippen molar-refractivity contribution >= 4 is 5.91 Å². The summed E-state index contributed by atoms with van der Waals surface area (Å²) in [5, 5.41) is 0. The van der Waals surface area contributed by atoms with Crippen molar-refractivity contribution in [3.8, 4) is 0 Å². The van der Waals surface area contributed by atoms with Gasteiger partial charge in [-0.1, -0.05) is 13.8 Å².